The molecular weight excluding hydrogens is 264 g/mol. The van der Waals surface area contributed by atoms with Gasteiger partial charge >= 0.3 is 5.97 Å². The van der Waals surface area contributed by atoms with Crippen molar-refractivity contribution in [3.05, 3.63) is 0 Å². The molecule has 2 unspecified atom stereocenters. The zero-order valence-electron chi connectivity index (χ0n) is 11.3. The van der Waals surface area contributed by atoms with Crippen LogP contribution < -0.4 is 5.73 Å². The number of ether oxygens (including phenoxy) is 1. The lowest BCUT2D eigenvalue weighted by Crippen LogP contribution is -2.44. The molecule has 0 aromatic carbocycles. The maximum absolute atomic E-state index is 12.2. The molecule has 2 aliphatic heterocycles. The summed E-state index contributed by atoms with van der Waals surface area (Å²) in [6.45, 7) is 1.16. The van der Waals surface area contributed by atoms with E-state index in [4.69, 9.17) is 15.6 Å². The van der Waals surface area contributed by atoms with Crippen LogP contribution in [0.3, 0.4) is 0 Å². The Morgan fingerprint density at radius 3 is 2.20 bits per heavy atom. The molecule has 0 aromatic rings. The van der Waals surface area contributed by atoms with Gasteiger partial charge in [-0.1, -0.05) is 0 Å². The van der Waals surface area contributed by atoms with Crippen LogP contribution in [-0.2, 0) is 19.1 Å². The van der Waals surface area contributed by atoms with Gasteiger partial charge in [0.1, 0.15) is 6.10 Å². The van der Waals surface area contributed by atoms with Gasteiger partial charge in [0.25, 0.3) is 5.91 Å². The van der Waals surface area contributed by atoms with Crippen LogP contribution >= 0.6 is 0 Å². The van der Waals surface area contributed by atoms with Crippen molar-refractivity contribution in [1.82, 2.24) is 4.90 Å². The van der Waals surface area contributed by atoms with Crippen molar-refractivity contribution >= 4 is 17.8 Å². The second kappa shape index (κ2) is 6.21. The first-order chi connectivity index (χ1) is 9.47. The lowest BCUT2D eigenvalue weighted by Gasteiger charge is -2.33. The minimum atomic E-state index is -1.01. The number of carboxylic acid groups (broad SMARTS) is 1. The van der Waals surface area contributed by atoms with Crippen LogP contribution in [0.25, 0.3) is 0 Å². The third-order valence-electron chi connectivity index (χ3n) is 3.99. The Morgan fingerprint density at radius 2 is 1.70 bits per heavy atom. The molecule has 2 atom stereocenters. The first kappa shape index (κ1) is 14.8. The van der Waals surface area contributed by atoms with Crippen LogP contribution in [0.2, 0.25) is 0 Å². The highest BCUT2D eigenvalue weighted by molar-refractivity contribution is 5.83. The molecule has 0 aromatic heterocycles. The summed E-state index contributed by atoms with van der Waals surface area (Å²) in [5, 5.41) is 8.85. The summed E-state index contributed by atoms with van der Waals surface area (Å²) in [6.07, 6.45) is 1.21. The minimum Gasteiger partial charge on any atom is -0.479 e. The van der Waals surface area contributed by atoms with Crippen molar-refractivity contribution in [2.24, 2.45) is 11.7 Å². The monoisotopic (exact) mass is 284 g/mol. The molecule has 2 heterocycles. The third-order valence-corrected chi connectivity index (χ3v) is 3.99. The summed E-state index contributed by atoms with van der Waals surface area (Å²) in [5.41, 5.74) is 5.17. The Hall–Kier alpha value is -1.63. The Bertz CT molecular complexity index is 404. The molecule has 0 radical (unpaired) electrons. The molecule has 20 heavy (non-hydrogen) atoms. The van der Waals surface area contributed by atoms with Gasteiger partial charge < -0.3 is 20.5 Å². The van der Waals surface area contributed by atoms with E-state index in [1.165, 1.54) is 0 Å². The summed E-state index contributed by atoms with van der Waals surface area (Å²) in [7, 11) is 0. The number of rotatable bonds is 4. The predicted molar refractivity (Wildman–Crippen MR) is 68.6 cm³/mol. The lowest BCUT2D eigenvalue weighted by molar-refractivity contribution is -0.155. The molecule has 0 saturated carbocycles. The molecule has 2 saturated heterocycles. The van der Waals surface area contributed by atoms with Crippen molar-refractivity contribution in [2.75, 3.05) is 13.1 Å². The fourth-order valence-electron chi connectivity index (χ4n) is 2.85. The number of carboxylic acids is 1. The molecule has 2 aliphatic rings. The largest absolute Gasteiger partial charge is 0.479 e. The van der Waals surface area contributed by atoms with Gasteiger partial charge in [-0.15, -0.1) is 0 Å². The van der Waals surface area contributed by atoms with Crippen LogP contribution in [0, 0.1) is 5.92 Å². The second-order valence-corrected chi connectivity index (χ2v) is 5.47. The van der Waals surface area contributed by atoms with E-state index < -0.39 is 18.2 Å². The zero-order valence-corrected chi connectivity index (χ0v) is 11.3. The minimum absolute atomic E-state index is 0.133. The van der Waals surface area contributed by atoms with Gasteiger partial charge in [-0.2, -0.15) is 0 Å². The Morgan fingerprint density at radius 1 is 1.10 bits per heavy atom. The number of primary amides is 1. The highest BCUT2D eigenvalue weighted by atomic mass is 16.5. The fraction of sp³-hybridized carbons (Fsp3) is 0.769. The summed E-state index contributed by atoms with van der Waals surface area (Å²) in [5.74, 6) is -1.21. The highest BCUT2D eigenvalue weighted by Gasteiger charge is 2.37. The van der Waals surface area contributed by atoms with Gasteiger partial charge in [-0.25, -0.2) is 4.79 Å². The van der Waals surface area contributed by atoms with Crippen molar-refractivity contribution in [3.63, 3.8) is 0 Å². The number of nitrogens with zero attached hydrogens (tertiary/aromatic N) is 1. The number of piperidine rings is 1. The fourth-order valence-corrected chi connectivity index (χ4v) is 2.85. The smallest absolute Gasteiger partial charge is 0.332 e. The average Bonchev–Trinajstić information content (AvgIpc) is 2.88. The number of hydrogen-bond acceptors (Lipinski definition) is 4. The van der Waals surface area contributed by atoms with Crippen molar-refractivity contribution in [1.29, 1.82) is 0 Å². The maximum atomic E-state index is 12.2. The first-order valence-electron chi connectivity index (χ1n) is 6.92. The van der Waals surface area contributed by atoms with Gasteiger partial charge in [0, 0.05) is 19.5 Å². The molecule has 2 rings (SSSR count). The molecule has 112 valence electrons. The summed E-state index contributed by atoms with van der Waals surface area (Å²) in [4.78, 5) is 35.6. The number of likely N-dealkylation sites (tertiary alicyclic amines) is 1. The Labute approximate surface area is 117 Å². The van der Waals surface area contributed by atoms with Crippen LogP contribution in [-0.4, -0.2) is 53.1 Å². The zero-order chi connectivity index (χ0) is 14.7. The van der Waals surface area contributed by atoms with E-state index in [0.29, 0.717) is 32.4 Å². The van der Waals surface area contributed by atoms with E-state index >= 15 is 0 Å². The molecule has 2 fully saturated rings. The molecule has 3 N–H and O–H groups in total. The topological polar surface area (TPSA) is 110 Å². The first-order valence-corrected chi connectivity index (χ1v) is 6.92. The van der Waals surface area contributed by atoms with E-state index in [-0.39, 0.29) is 17.7 Å². The van der Waals surface area contributed by atoms with Crippen molar-refractivity contribution in [3.8, 4) is 0 Å². The van der Waals surface area contributed by atoms with Crippen LogP contribution in [0.1, 0.15) is 32.1 Å². The van der Waals surface area contributed by atoms with Crippen LogP contribution in [0.15, 0.2) is 0 Å². The molecule has 0 aliphatic carbocycles. The molecular formula is C13H20N2O5. The quantitative estimate of drug-likeness (QED) is 0.738. The van der Waals surface area contributed by atoms with Gasteiger partial charge in [-0.05, 0) is 31.6 Å². The average molecular weight is 284 g/mol. The van der Waals surface area contributed by atoms with Gasteiger partial charge in [0.15, 0.2) is 6.10 Å². The Balaban J connectivity index is 1.80. The number of hydrogen-bond donors (Lipinski definition) is 2. The van der Waals surface area contributed by atoms with Crippen LogP contribution in [0.4, 0.5) is 0 Å². The highest BCUT2D eigenvalue weighted by Crippen LogP contribution is 2.25. The molecule has 7 nitrogen and oxygen atoms in total. The summed E-state index contributed by atoms with van der Waals surface area (Å²) in [6, 6.07) is 0. The standard InChI is InChI=1S/C13H20N2O5/c14-11(16)7-8-3-5-15(6-4-8)12(17)9-1-2-10(20-9)13(18)19/h8-10H,1-7H2,(H2,14,16)(H,18,19). The normalized spacial score (nSPS) is 27.5. The third kappa shape index (κ3) is 3.47. The van der Waals surface area contributed by atoms with Crippen LogP contribution in [0.5, 0.6) is 0 Å². The van der Waals surface area contributed by atoms with E-state index in [2.05, 4.69) is 0 Å². The SMILES string of the molecule is NC(=O)CC1CCN(C(=O)C2CCC(C(=O)O)O2)CC1. The number of carbonyl (C=O) groups is 3. The van der Waals surface area contributed by atoms with Crippen molar-refractivity contribution < 1.29 is 24.2 Å². The van der Waals surface area contributed by atoms with Gasteiger partial charge in [0.05, 0.1) is 0 Å². The number of nitrogens with two attached hydrogens (primary N) is 1. The second-order valence-electron chi connectivity index (χ2n) is 5.47. The number of aliphatic carboxylic acids is 1. The van der Waals surface area contributed by atoms with Gasteiger partial charge in [0.2, 0.25) is 5.91 Å². The number of carbonyl (C=O) groups excluding carboxylic acids is 2. The summed E-state index contributed by atoms with van der Waals surface area (Å²) < 4.78 is 5.26. The van der Waals surface area contributed by atoms with Gasteiger partial charge in [-0.3, -0.25) is 9.59 Å². The van der Waals surface area contributed by atoms with E-state index in [1.54, 1.807) is 4.90 Å². The molecule has 2 amide bonds. The molecule has 0 spiro atoms. The van der Waals surface area contributed by atoms with E-state index in [0.717, 1.165) is 12.8 Å². The Kier molecular flexibility index (Phi) is 4.59. The van der Waals surface area contributed by atoms with Crippen molar-refractivity contribution in [2.45, 2.75) is 44.3 Å². The predicted octanol–water partition coefficient (Wildman–Crippen LogP) is -0.267. The summed E-state index contributed by atoms with van der Waals surface area (Å²) >= 11 is 0. The van der Waals surface area contributed by atoms with E-state index in [1.807, 2.05) is 0 Å². The maximum Gasteiger partial charge on any atom is 0.332 e. The van der Waals surface area contributed by atoms with E-state index in [9.17, 15) is 14.4 Å². The number of amides is 2. The molecule has 7 heteroatoms. The lowest BCUT2D eigenvalue weighted by atomic mass is 9.93. The molecule has 0 bridgehead atoms.